The summed E-state index contributed by atoms with van der Waals surface area (Å²) in [6.07, 6.45) is 0. The van der Waals surface area contributed by atoms with Crippen molar-refractivity contribution in [2.75, 3.05) is 16.7 Å². The van der Waals surface area contributed by atoms with Crippen LogP contribution in [0.5, 0.6) is 0 Å². The van der Waals surface area contributed by atoms with Crippen LogP contribution in [0.4, 0.5) is 11.4 Å². The molecular weight excluding hydrogens is 360 g/mol. The van der Waals surface area contributed by atoms with E-state index in [1.54, 1.807) is 23.6 Å². The van der Waals surface area contributed by atoms with Gasteiger partial charge in [-0.15, -0.1) is 11.3 Å². The third-order valence-electron chi connectivity index (χ3n) is 3.34. The summed E-state index contributed by atoms with van der Waals surface area (Å²) in [6.45, 7) is 0. The molecule has 0 unspecified atom stereocenters. The molecule has 6 nitrogen and oxygen atoms in total. The zero-order valence-corrected chi connectivity index (χ0v) is 14.2. The molecule has 1 aromatic carbocycles. The normalized spacial score (nSPS) is 16.2. The van der Waals surface area contributed by atoms with E-state index in [0.717, 1.165) is 15.6 Å². The number of hydrogen-bond acceptors (Lipinski definition) is 5. The third kappa shape index (κ3) is 2.58. The van der Waals surface area contributed by atoms with Gasteiger partial charge in [-0.25, -0.2) is 8.42 Å². The highest BCUT2D eigenvalue weighted by Crippen LogP contribution is 2.40. The van der Waals surface area contributed by atoms with Gasteiger partial charge in [-0.05, 0) is 35.7 Å². The number of thiophene rings is 1. The van der Waals surface area contributed by atoms with Crippen molar-refractivity contribution >= 4 is 56.0 Å². The fourth-order valence-corrected chi connectivity index (χ4v) is 4.60. The maximum atomic E-state index is 12.5. The van der Waals surface area contributed by atoms with Gasteiger partial charge in [-0.1, -0.05) is 11.6 Å². The number of halogens is 1. The highest BCUT2D eigenvalue weighted by Gasteiger charge is 2.40. The molecule has 0 bridgehead atoms. The zero-order chi connectivity index (χ0) is 16.8. The van der Waals surface area contributed by atoms with Gasteiger partial charge in [0, 0.05) is 17.8 Å². The van der Waals surface area contributed by atoms with Crippen molar-refractivity contribution < 1.29 is 18.3 Å². The van der Waals surface area contributed by atoms with Crippen LogP contribution in [0.15, 0.2) is 40.6 Å². The van der Waals surface area contributed by atoms with Gasteiger partial charge < -0.3 is 10.4 Å². The first-order chi connectivity index (χ1) is 10.8. The van der Waals surface area contributed by atoms with Gasteiger partial charge in [0.25, 0.3) is 15.9 Å². The Bertz CT molecular complexity index is 917. The molecule has 1 amide bonds. The van der Waals surface area contributed by atoms with Crippen LogP contribution in [-0.4, -0.2) is 26.5 Å². The summed E-state index contributed by atoms with van der Waals surface area (Å²) >= 11 is 6.92. The maximum absolute atomic E-state index is 12.5. The molecule has 0 fully saturated rings. The molecule has 9 heteroatoms. The highest BCUT2D eigenvalue weighted by atomic mass is 35.5. The molecule has 2 aromatic rings. The van der Waals surface area contributed by atoms with Crippen molar-refractivity contribution in [3.8, 4) is 0 Å². The Morgan fingerprint density at radius 2 is 1.91 bits per heavy atom. The summed E-state index contributed by atoms with van der Waals surface area (Å²) in [5, 5.41) is 14.8. The molecule has 2 N–H and O–H groups in total. The molecule has 0 radical (unpaired) electrons. The van der Waals surface area contributed by atoms with Gasteiger partial charge in [0.05, 0.1) is 10.6 Å². The van der Waals surface area contributed by atoms with Crippen LogP contribution >= 0.6 is 22.9 Å². The Hall–Kier alpha value is -2.03. The first-order valence-electron chi connectivity index (χ1n) is 6.39. The van der Waals surface area contributed by atoms with E-state index in [0.29, 0.717) is 21.3 Å². The van der Waals surface area contributed by atoms with E-state index in [1.807, 2.05) is 0 Å². The van der Waals surface area contributed by atoms with Crippen molar-refractivity contribution in [1.29, 1.82) is 0 Å². The number of anilines is 2. The molecule has 1 aliphatic heterocycles. The van der Waals surface area contributed by atoms with E-state index < -0.39 is 26.6 Å². The number of sulfonamides is 1. The molecule has 0 saturated carbocycles. The van der Waals surface area contributed by atoms with Gasteiger partial charge in [-0.2, -0.15) is 0 Å². The van der Waals surface area contributed by atoms with E-state index in [2.05, 4.69) is 5.32 Å². The van der Waals surface area contributed by atoms with Crippen molar-refractivity contribution in [3.63, 3.8) is 0 Å². The van der Waals surface area contributed by atoms with E-state index >= 15 is 0 Å². The maximum Gasteiger partial charge on any atom is 0.273 e. The van der Waals surface area contributed by atoms with Gasteiger partial charge in [-0.3, -0.25) is 9.10 Å². The van der Waals surface area contributed by atoms with Crippen LogP contribution in [-0.2, 0) is 14.8 Å². The van der Waals surface area contributed by atoms with Crippen molar-refractivity contribution in [1.82, 2.24) is 0 Å². The van der Waals surface area contributed by atoms with Gasteiger partial charge in [0.2, 0.25) is 0 Å². The van der Waals surface area contributed by atoms with E-state index in [4.69, 9.17) is 11.6 Å². The van der Waals surface area contributed by atoms with Gasteiger partial charge in [0.15, 0.2) is 10.7 Å². The predicted octanol–water partition coefficient (Wildman–Crippen LogP) is 3.05. The lowest BCUT2D eigenvalue weighted by Gasteiger charge is -2.25. The minimum atomic E-state index is -4.13. The first kappa shape index (κ1) is 15.9. The van der Waals surface area contributed by atoms with Crippen LogP contribution < -0.4 is 9.62 Å². The topological polar surface area (TPSA) is 86.7 Å². The molecule has 0 spiro atoms. The smallest absolute Gasteiger partial charge is 0.273 e. The zero-order valence-electron chi connectivity index (χ0n) is 11.8. The summed E-state index contributed by atoms with van der Waals surface area (Å²) in [6, 6.07) is 7.76. The number of fused-ring (bicyclic) bond motifs is 1. The monoisotopic (exact) mass is 370 g/mol. The number of aliphatic hydroxyl groups is 1. The van der Waals surface area contributed by atoms with Crippen LogP contribution in [0.3, 0.4) is 0 Å². The largest absolute Gasteiger partial charge is 0.505 e. The molecular formula is C14H11ClN2O4S2. The Balaban J connectivity index is 2.05. The van der Waals surface area contributed by atoms with E-state index in [1.165, 1.54) is 19.2 Å². The van der Waals surface area contributed by atoms with E-state index in [-0.39, 0.29) is 0 Å². The first-order valence-corrected chi connectivity index (χ1v) is 9.09. The number of carbonyl (C=O) groups excluding carboxylic acids is 1. The fraction of sp³-hybridized carbons (Fsp3) is 0.0714. The van der Waals surface area contributed by atoms with Crippen molar-refractivity contribution in [2.24, 2.45) is 0 Å². The number of rotatable bonds is 2. The fourth-order valence-electron chi connectivity index (χ4n) is 2.17. The lowest BCUT2D eigenvalue weighted by Crippen LogP contribution is -2.36. The van der Waals surface area contributed by atoms with Gasteiger partial charge >= 0.3 is 0 Å². The number of nitrogens with one attached hydrogen (secondary N) is 1. The number of nitrogens with zero attached hydrogens (tertiary/aromatic N) is 1. The number of amides is 1. The number of carbonyl (C=O) groups is 1. The number of benzene rings is 1. The lowest BCUT2D eigenvalue weighted by molar-refractivity contribution is -0.112. The van der Waals surface area contributed by atoms with Crippen LogP contribution in [0.25, 0.3) is 5.76 Å². The van der Waals surface area contributed by atoms with Crippen LogP contribution in [0, 0.1) is 0 Å². The molecule has 120 valence electrons. The number of hydrogen-bond donors (Lipinski definition) is 2. The van der Waals surface area contributed by atoms with Crippen LogP contribution in [0.2, 0.25) is 5.02 Å². The Morgan fingerprint density at radius 1 is 1.26 bits per heavy atom. The standard InChI is InChI=1S/C14H11ClN2O4S2/c1-17-10-6-7-22-12(10)11(18)13(23(17,20)21)14(19)16-9-4-2-8(15)3-5-9/h2-7,18H,1H3,(H,16,19). The molecule has 2 heterocycles. The summed E-state index contributed by atoms with van der Waals surface area (Å²) in [5.41, 5.74) is 0.713. The Labute approximate surface area is 141 Å². The van der Waals surface area contributed by atoms with E-state index in [9.17, 15) is 18.3 Å². The molecule has 23 heavy (non-hydrogen) atoms. The summed E-state index contributed by atoms with van der Waals surface area (Å²) in [4.78, 5) is 12.1. The SMILES string of the molecule is CN1c2ccsc2C(O)=C(C(=O)Nc2ccc(Cl)cc2)S1(=O)=O. The second-order valence-corrected chi connectivity index (χ2v) is 8.00. The Morgan fingerprint density at radius 3 is 2.57 bits per heavy atom. The molecule has 1 aromatic heterocycles. The molecule has 3 rings (SSSR count). The lowest BCUT2D eigenvalue weighted by atomic mass is 10.3. The average Bonchev–Trinajstić information content (AvgIpc) is 2.97. The summed E-state index contributed by atoms with van der Waals surface area (Å²) < 4.78 is 26.0. The second kappa shape index (κ2) is 5.55. The minimum absolute atomic E-state index is 0.337. The van der Waals surface area contributed by atoms with Crippen LogP contribution in [0.1, 0.15) is 4.88 Å². The molecule has 0 atom stereocenters. The van der Waals surface area contributed by atoms with Crippen molar-refractivity contribution in [2.45, 2.75) is 0 Å². The molecule has 1 aliphatic rings. The Kier molecular flexibility index (Phi) is 3.83. The highest BCUT2D eigenvalue weighted by molar-refractivity contribution is 7.97. The predicted molar refractivity (Wildman–Crippen MR) is 91.3 cm³/mol. The quantitative estimate of drug-likeness (QED) is 0.850. The summed E-state index contributed by atoms with van der Waals surface area (Å²) in [7, 11) is -2.79. The summed E-state index contributed by atoms with van der Waals surface area (Å²) in [5.74, 6) is -1.45. The minimum Gasteiger partial charge on any atom is -0.505 e. The van der Waals surface area contributed by atoms with Crippen molar-refractivity contribution in [3.05, 3.63) is 50.5 Å². The third-order valence-corrected chi connectivity index (χ3v) is 6.32. The number of aliphatic hydroxyl groups excluding tert-OH is 1. The van der Waals surface area contributed by atoms with Gasteiger partial charge in [0.1, 0.15) is 0 Å². The molecule has 0 aliphatic carbocycles. The molecule has 0 saturated heterocycles. The second-order valence-electron chi connectivity index (χ2n) is 4.75. The average molecular weight is 371 g/mol.